The molecule has 2 aromatic rings. The summed E-state index contributed by atoms with van der Waals surface area (Å²) in [7, 11) is -0.507. The number of carbonyl (C=O) groups excluding carboxylic acids is 1. The van der Waals surface area contributed by atoms with Crippen molar-refractivity contribution in [3.8, 4) is 11.5 Å². The van der Waals surface area contributed by atoms with Crippen LogP contribution in [0.2, 0.25) is 0 Å². The van der Waals surface area contributed by atoms with Crippen molar-refractivity contribution in [1.29, 1.82) is 0 Å². The second kappa shape index (κ2) is 9.92. The topological polar surface area (TPSA) is 84.9 Å². The summed E-state index contributed by atoms with van der Waals surface area (Å²) in [5.41, 5.74) is 1.91. The highest BCUT2D eigenvalue weighted by Crippen LogP contribution is 2.30. The van der Waals surface area contributed by atoms with E-state index in [1.54, 1.807) is 39.3 Å². The van der Waals surface area contributed by atoms with Crippen LogP contribution in [-0.2, 0) is 10.0 Å². The average Bonchev–Trinajstić information content (AvgIpc) is 2.78. The summed E-state index contributed by atoms with van der Waals surface area (Å²) in [5, 5.41) is 2.96. The molecule has 1 N–H and O–H groups in total. The van der Waals surface area contributed by atoms with Crippen molar-refractivity contribution in [3.63, 3.8) is 0 Å². The number of nitrogens with one attached hydrogen (secondary N) is 1. The van der Waals surface area contributed by atoms with E-state index in [2.05, 4.69) is 12.2 Å². The second-order valence-electron chi connectivity index (χ2n) is 8.37. The van der Waals surface area contributed by atoms with Gasteiger partial charge in [0.2, 0.25) is 10.0 Å². The summed E-state index contributed by atoms with van der Waals surface area (Å²) in [5.74, 6) is 1.38. The number of amides is 1. The second-order valence-corrected chi connectivity index (χ2v) is 10.3. The predicted molar refractivity (Wildman–Crippen MR) is 124 cm³/mol. The molecule has 0 saturated carbocycles. The molecule has 0 spiro atoms. The van der Waals surface area contributed by atoms with Gasteiger partial charge in [0.25, 0.3) is 5.91 Å². The standard InChI is InChI=1S/C24H32N2O5S/c1-16-10-12-26(13-11-16)32(28,29)20-8-6-17(2)21(15-20)24(27)25-18(3)19-7-9-22(30-4)23(14-19)31-5/h6-9,14-16,18H,10-13H2,1-5H3,(H,25,27)/t18-/m0/s1. The Morgan fingerprint density at radius 3 is 2.34 bits per heavy atom. The molecule has 1 atom stereocenters. The van der Waals surface area contributed by atoms with Crippen LogP contribution in [0.3, 0.4) is 0 Å². The van der Waals surface area contributed by atoms with Gasteiger partial charge in [0.05, 0.1) is 25.2 Å². The average molecular weight is 461 g/mol. The number of ether oxygens (including phenoxy) is 2. The van der Waals surface area contributed by atoms with E-state index in [0.717, 1.165) is 18.4 Å². The van der Waals surface area contributed by atoms with E-state index in [1.807, 2.05) is 19.1 Å². The van der Waals surface area contributed by atoms with Gasteiger partial charge in [0.1, 0.15) is 0 Å². The minimum Gasteiger partial charge on any atom is -0.493 e. The maximum Gasteiger partial charge on any atom is 0.252 e. The van der Waals surface area contributed by atoms with Gasteiger partial charge in [-0.05, 0) is 68.0 Å². The highest BCUT2D eigenvalue weighted by molar-refractivity contribution is 7.89. The Balaban J connectivity index is 1.81. The van der Waals surface area contributed by atoms with Gasteiger partial charge < -0.3 is 14.8 Å². The highest BCUT2D eigenvalue weighted by atomic mass is 32.2. The van der Waals surface area contributed by atoms with Crippen molar-refractivity contribution in [2.24, 2.45) is 5.92 Å². The van der Waals surface area contributed by atoms with Crippen molar-refractivity contribution in [2.75, 3.05) is 27.3 Å². The fraction of sp³-hybridized carbons (Fsp3) is 0.458. The van der Waals surface area contributed by atoms with E-state index in [9.17, 15) is 13.2 Å². The van der Waals surface area contributed by atoms with Crippen LogP contribution >= 0.6 is 0 Å². The van der Waals surface area contributed by atoms with E-state index in [-0.39, 0.29) is 16.8 Å². The van der Waals surface area contributed by atoms with E-state index >= 15 is 0 Å². The third kappa shape index (κ3) is 5.07. The quantitative estimate of drug-likeness (QED) is 0.677. The number of hydrogen-bond donors (Lipinski definition) is 1. The minimum atomic E-state index is -3.63. The van der Waals surface area contributed by atoms with Gasteiger partial charge in [-0.3, -0.25) is 4.79 Å². The van der Waals surface area contributed by atoms with Crippen LogP contribution < -0.4 is 14.8 Å². The molecule has 174 valence electrons. The Bertz CT molecular complexity index is 1080. The summed E-state index contributed by atoms with van der Waals surface area (Å²) < 4.78 is 38.4. The first-order valence-corrected chi connectivity index (χ1v) is 12.2. The normalized spacial score (nSPS) is 16.4. The Morgan fingerprint density at radius 2 is 1.72 bits per heavy atom. The van der Waals surface area contributed by atoms with Crippen molar-refractivity contribution < 1.29 is 22.7 Å². The molecule has 1 fully saturated rings. The number of benzene rings is 2. The number of aryl methyl sites for hydroxylation is 1. The van der Waals surface area contributed by atoms with Gasteiger partial charge in [0.15, 0.2) is 11.5 Å². The Labute approximate surface area is 190 Å². The number of rotatable bonds is 7. The van der Waals surface area contributed by atoms with Crippen LogP contribution in [0.1, 0.15) is 54.2 Å². The molecule has 0 aliphatic carbocycles. The molecule has 0 bridgehead atoms. The molecule has 3 rings (SSSR count). The first-order chi connectivity index (χ1) is 15.2. The van der Waals surface area contributed by atoms with Crippen molar-refractivity contribution >= 4 is 15.9 Å². The first-order valence-electron chi connectivity index (χ1n) is 10.8. The molecule has 8 heteroatoms. The van der Waals surface area contributed by atoms with Gasteiger partial charge in [-0.15, -0.1) is 0 Å². The van der Waals surface area contributed by atoms with Crippen molar-refractivity contribution in [3.05, 3.63) is 53.1 Å². The predicted octanol–water partition coefficient (Wildman–Crippen LogP) is 3.92. The Hall–Kier alpha value is -2.58. The lowest BCUT2D eigenvalue weighted by Gasteiger charge is -2.29. The number of carbonyl (C=O) groups is 1. The zero-order valence-electron chi connectivity index (χ0n) is 19.3. The third-order valence-corrected chi connectivity index (χ3v) is 7.98. The Kier molecular flexibility index (Phi) is 7.46. The van der Waals surface area contributed by atoms with Gasteiger partial charge >= 0.3 is 0 Å². The number of sulfonamides is 1. The summed E-state index contributed by atoms with van der Waals surface area (Å²) in [6.07, 6.45) is 1.70. The van der Waals surface area contributed by atoms with Crippen LogP contribution in [0.25, 0.3) is 0 Å². The monoisotopic (exact) mass is 460 g/mol. The van der Waals surface area contributed by atoms with Crippen LogP contribution in [-0.4, -0.2) is 45.9 Å². The van der Waals surface area contributed by atoms with Crippen LogP contribution in [0.5, 0.6) is 11.5 Å². The first kappa shape index (κ1) is 24.1. The number of hydrogen-bond acceptors (Lipinski definition) is 5. The molecular formula is C24H32N2O5S. The molecule has 7 nitrogen and oxygen atoms in total. The van der Waals surface area contributed by atoms with E-state index in [4.69, 9.17) is 9.47 Å². The highest BCUT2D eigenvalue weighted by Gasteiger charge is 2.29. The molecule has 0 aromatic heterocycles. The maximum absolute atomic E-state index is 13.1. The molecule has 1 saturated heterocycles. The van der Waals surface area contributed by atoms with Gasteiger partial charge in [-0.1, -0.05) is 19.1 Å². The molecule has 1 aliphatic heterocycles. The summed E-state index contributed by atoms with van der Waals surface area (Å²) in [6, 6.07) is 9.90. The fourth-order valence-corrected chi connectivity index (χ4v) is 5.36. The molecule has 1 heterocycles. The summed E-state index contributed by atoms with van der Waals surface area (Å²) in [6.45, 7) is 6.82. The molecule has 32 heavy (non-hydrogen) atoms. The Morgan fingerprint density at radius 1 is 1.06 bits per heavy atom. The lowest BCUT2D eigenvalue weighted by atomic mass is 10.0. The van der Waals surface area contributed by atoms with Crippen molar-refractivity contribution in [1.82, 2.24) is 9.62 Å². The summed E-state index contributed by atoms with van der Waals surface area (Å²) in [4.78, 5) is 13.2. The van der Waals surface area contributed by atoms with Crippen LogP contribution in [0.4, 0.5) is 0 Å². The van der Waals surface area contributed by atoms with Gasteiger partial charge in [0, 0.05) is 18.7 Å². The third-order valence-electron chi connectivity index (χ3n) is 6.09. The number of nitrogens with zero attached hydrogens (tertiary/aromatic N) is 1. The lowest BCUT2D eigenvalue weighted by Crippen LogP contribution is -2.38. The smallest absolute Gasteiger partial charge is 0.252 e. The minimum absolute atomic E-state index is 0.154. The van der Waals surface area contributed by atoms with Gasteiger partial charge in [-0.25, -0.2) is 8.42 Å². The van der Waals surface area contributed by atoms with E-state index < -0.39 is 10.0 Å². The molecule has 2 aromatic carbocycles. The molecule has 0 radical (unpaired) electrons. The number of methoxy groups -OCH3 is 2. The van der Waals surface area contributed by atoms with E-state index in [1.165, 1.54) is 10.4 Å². The van der Waals surface area contributed by atoms with Crippen molar-refractivity contribution in [2.45, 2.75) is 44.6 Å². The zero-order valence-corrected chi connectivity index (χ0v) is 20.2. The number of piperidine rings is 1. The summed E-state index contributed by atoms with van der Waals surface area (Å²) >= 11 is 0. The SMILES string of the molecule is COc1ccc([C@H](C)NC(=O)c2cc(S(=O)(=O)N3CCC(C)CC3)ccc2C)cc1OC. The van der Waals surface area contributed by atoms with Crippen LogP contribution in [0.15, 0.2) is 41.3 Å². The maximum atomic E-state index is 13.1. The van der Waals surface area contributed by atoms with E-state index in [0.29, 0.717) is 41.6 Å². The lowest BCUT2D eigenvalue weighted by molar-refractivity contribution is 0.0939. The largest absolute Gasteiger partial charge is 0.493 e. The fourth-order valence-electron chi connectivity index (χ4n) is 3.86. The molecule has 0 unspecified atom stereocenters. The van der Waals surface area contributed by atoms with Crippen LogP contribution in [0, 0.1) is 12.8 Å². The molecular weight excluding hydrogens is 428 g/mol. The molecule has 1 amide bonds. The molecule has 1 aliphatic rings. The van der Waals surface area contributed by atoms with Gasteiger partial charge in [-0.2, -0.15) is 4.31 Å². The zero-order chi connectivity index (χ0) is 23.5.